The summed E-state index contributed by atoms with van der Waals surface area (Å²) >= 11 is 0. The highest BCUT2D eigenvalue weighted by atomic mass is 19.4. The Balaban J connectivity index is 2.55. The molecule has 0 saturated heterocycles. The molecule has 0 aliphatic carbocycles. The van der Waals surface area contributed by atoms with Gasteiger partial charge < -0.3 is 11.5 Å². The van der Waals surface area contributed by atoms with Gasteiger partial charge in [0.15, 0.2) is 0 Å². The van der Waals surface area contributed by atoms with Crippen molar-refractivity contribution in [3.8, 4) is 11.3 Å². The zero-order valence-electron chi connectivity index (χ0n) is 13.7. The van der Waals surface area contributed by atoms with Crippen LogP contribution in [0.25, 0.3) is 17.1 Å². The van der Waals surface area contributed by atoms with Gasteiger partial charge in [0.1, 0.15) is 11.6 Å². The van der Waals surface area contributed by atoms with Crippen LogP contribution in [0.1, 0.15) is 12.5 Å². The van der Waals surface area contributed by atoms with Gasteiger partial charge >= 0.3 is 6.18 Å². The maximum absolute atomic E-state index is 13.2. The monoisotopic (exact) mass is 348 g/mol. The minimum Gasteiger partial charge on any atom is -0.384 e. The molecule has 7 heteroatoms. The SMILES string of the molecule is C=C/C=C\C(=C(/N)n1nc(-c2cccc(CC)c2)cc1N)C(F)(F)F. The van der Waals surface area contributed by atoms with Gasteiger partial charge in [-0.3, -0.25) is 0 Å². The van der Waals surface area contributed by atoms with Crippen molar-refractivity contribution < 1.29 is 13.2 Å². The van der Waals surface area contributed by atoms with Crippen LogP contribution in [0.2, 0.25) is 0 Å². The second-order valence-corrected chi connectivity index (χ2v) is 5.31. The van der Waals surface area contributed by atoms with Crippen LogP contribution in [-0.4, -0.2) is 16.0 Å². The molecule has 0 spiro atoms. The van der Waals surface area contributed by atoms with Gasteiger partial charge in [0.2, 0.25) is 0 Å². The Kier molecular flexibility index (Phi) is 5.36. The molecular weight excluding hydrogens is 329 g/mol. The summed E-state index contributed by atoms with van der Waals surface area (Å²) in [4.78, 5) is 0. The number of nitrogens with two attached hydrogens (primary N) is 2. The van der Waals surface area contributed by atoms with Crippen molar-refractivity contribution in [1.82, 2.24) is 9.78 Å². The van der Waals surface area contributed by atoms with E-state index in [9.17, 15) is 13.2 Å². The molecule has 0 amide bonds. The first-order valence-electron chi connectivity index (χ1n) is 7.59. The second kappa shape index (κ2) is 7.29. The number of aromatic nitrogens is 2. The lowest BCUT2D eigenvalue weighted by Crippen LogP contribution is -2.21. The van der Waals surface area contributed by atoms with Crippen LogP contribution in [0.15, 0.2) is 60.7 Å². The first-order chi connectivity index (χ1) is 11.8. The fraction of sp³-hybridized carbons (Fsp3) is 0.167. The average Bonchev–Trinajstić information content (AvgIpc) is 2.96. The van der Waals surface area contributed by atoms with Gasteiger partial charge in [-0.25, -0.2) is 4.68 Å². The van der Waals surface area contributed by atoms with Gasteiger partial charge in [-0.05, 0) is 24.1 Å². The Labute approximate surface area is 143 Å². The Hall–Kier alpha value is -2.96. The highest BCUT2D eigenvalue weighted by molar-refractivity contribution is 5.67. The van der Waals surface area contributed by atoms with Crippen molar-refractivity contribution in [2.45, 2.75) is 19.5 Å². The van der Waals surface area contributed by atoms with E-state index in [1.54, 1.807) is 0 Å². The molecule has 132 valence electrons. The van der Waals surface area contributed by atoms with Crippen LogP contribution in [0, 0.1) is 0 Å². The van der Waals surface area contributed by atoms with E-state index in [0.29, 0.717) is 5.69 Å². The summed E-state index contributed by atoms with van der Waals surface area (Å²) in [7, 11) is 0. The molecule has 2 aromatic rings. The molecule has 0 bridgehead atoms. The summed E-state index contributed by atoms with van der Waals surface area (Å²) < 4.78 is 40.6. The van der Waals surface area contributed by atoms with Crippen molar-refractivity contribution in [3.63, 3.8) is 0 Å². The Morgan fingerprint density at radius 3 is 2.64 bits per heavy atom. The predicted molar refractivity (Wildman–Crippen MR) is 94.2 cm³/mol. The molecule has 0 aliphatic heterocycles. The topological polar surface area (TPSA) is 69.9 Å². The highest BCUT2D eigenvalue weighted by Gasteiger charge is 2.35. The van der Waals surface area contributed by atoms with Crippen molar-refractivity contribution in [3.05, 3.63) is 66.3 Å². The molecule has 1 heterocycles. The van der Waals surface area contributed by atoms with E-state index in [1.165, 1.54) is 12.1 Å². The van der Waals surface area contributed by atoms with Crippen LogP contribution >= 0.6 is 0 Å². The fourth-order valence-electron chi connectivity index (χ4n) is 2.28. The molecule has 0 aliphatic rings. The first kappa shape index (κ1) is 18.4. The quantitative estimate of drug-likeness (QED) is 0.798. The maximum atomic E-state index is 13.2. The third-order valence-electron chi connectivity index (χ3n) is 3.58. The summed E-state index contributed by atoms with van der Waals surface area (Å²) in [5, 5.41) is 4.15. The predicted octanol–water partition coefficient (Wildman–Crippen LogP) is 4.13. The normalized spacial score (nSPS) is 13.1. The van der Waals surface area contributed by atoms with Crippen LogP contribution in [0.3, 0.4) is 0 Å². The molecule has 25 heavy (non-hydrogen) atoms. The van der Waals surface area contributed by atoms with E-state index in [2.05, 4.69) is 11.7 Å². The fourth-order valence-corrected chi connectivity index (χ4v) is 2.28. The number of allylic oxidation sites excluding steroid dienone is 4. The summed E-state index contributed by atoms with van der Waals surface area (Å²) in [5.41, 5.74) is 12.8. The van der Waals surface area contributed by atoms with Crippen LogP contribution in [0.5, 0.6) is 0 Å². The smallest absolute Gasteiger partial charge is 0.384 e. The van der Waals surface area contributed by atoms with E-state index in [0.717, 1.165) is 34.4 Å². The van der Waals surface area contributed by atoms with Gasteiger partial charge in [0.25, 0.3) is 0 Å². The van der Waals surface area contributed by atoms with Crippen LogP contribution in [-0.2, 0) is 6.42 Å². The first-order valence-corrected chi connectivity index (χ1v) is 7.59. The molecule has 1 aromatic heterocycles. The Bertz CT molecular complexity index is 829. The number of halogens is 3. The van der Waals surface area contributed by atoms with E-state index in [-0.39, 0.29) is 5.82 Å². The number of alkyl halides is 3. The van der Waals surface area contributed by atoms with Gasteiger partial charge in [0.05, 0.1) is 11.3 Å². The van der Waals surface area contributed by atoms with Gasteiger partial charge in [-0.2, -0.15) is 18.3 Å². The summed E-state index contributed by atoms with van der Waals surface area (Å²) in [6.07, 6.45) is -0.601. The summed E-state index contributed by atoms with van der Waals surface area (Å²) in [6, 6.07) is 9.03. The lowest BCUT2D eigenvalue weighted by molar-refractivity contribution is -0.0880. The lowest BCUT2D eigenvalue weighted by Gasteiger charge is -2.12. The number of anilines is 1. The van der Waals surface area contributed by atoms with Crippen molar-refractivity contribution in [2.75, 3.05) is 5.73 Å². The second-order valence-electron chi connectivity index (χ2n) is 5.31. The zero-order chi connectivity index (χ0) is 18.6. The standard InChI is InChI=1S/C18H19F3N4/c1-3-5-9-14(18(19,20)21)17(23)25-16(22)11-15(24-25)13-8-6-7-12(4-2)10-13/h3,5-11H,1,4,22-23H2,2H3/b9-5-,17-14-. The lowest BCUT2D eigenvalue weighted by atomic mass is 10.1. The number of hydrogen-bond acceptors (Lipinski definition) is 3. The highest BCUT2D eigenvalue weighted by Crippen LogP contribution is 2.31. The number of hydrogen-bond donors (Lipinski definition) is 2. The van der Waals surface area contributed by atoms with E-state index in [4.69, 9.17) is 11.5 Å². The number of nitrogens with zero attached hydrogens (tertiary/aromatic N) is 2. The molecule has 0 radical (unpaired) electrons. The number of aryl methyl sites for hydroxylation is 1. The minimum atomic E-state index is -4.65. The molecule has 2 rings (SSSR count). The van der Waals surface area contributed by atoms with Gasteiger partial charge in [-0.1, -0.05) is 43.9 Å². The van der Waals surface area contributed by atoms with Crippen molar-refractivity contribution >= 4 is 11.6 Å². The van der Waals surface area contributed by atoms with E-state index >= 15 is 0 Å². The number of nitrogen functional groups attached to an aromatic ring is 1. The van der Waals surface area contributed by atoms with Crippen molar-refractivity contribution in [1.29, 1.82) is 0 Å². The number of benzene rings is 1. The average molecular weight is 348 g/mol. The molecule has 4 nitrogen and oxygen atoms in total. The van der Waals surface area contributed by atoms with Gasteiger partial charge in [-0.15, -0.1) is 0 Å². The molecule has 0 saturated carbocycles. The Morgan fingerprint density at radius 1 is 1.32 bits per heavy atom. The minimum absolute atomic E-state index is 0.0168. The third kappa shape index (κ3) is 4.12. The van der Waals surface area contributed by atoms with E-state index < -0.39 is 17.6 Å². The van der Waals surface area contributed by atoms with Crippen LogP contribution in [0.4, 0.5) is 19.0 Å². The molecule has 0 atom stereocenters. The van der Waals surface area contributed by atoms with Crippen LogP contribution < -0.4 is 11.5 Å². The van der Waals surface area contributed by atoms with E-state index in [1.807, 2.05) is 31.2 Å². The molecule has 4 N–H and O–H groups in total. The largest absolute Gasteiger partial charge is 0.419 e. The van der Waals surface area contributed by atoms with Crippen molar-refractivity contribution in [2.24, 2.45) is 5.73 Å². The maximum Gasteiger partial charge on any atom is 0.419 e. The summed E-state index contributed by atoms with van der Waals surface area (Å²) in [5.74, 6) is -0.579. The zero-order valence-corrected chi connectivity index (χ0v) is 13.7. The van der Waals surface area contributed by atoms with Gasteiger partial charge in [0, 0.05) is 11.6 Å². The molecule has 0 fully saturated rings. The summed E-state index contributed by atoms with van der Waals surface area (Å²) in [6.45, 7) is 5.37. The third-order valence-corrected chi connectivity index (χ3v) is 3.58. The molecule has 0 unspecified atom stereocenters. The molecule has 1 aromatic carbocycles. The molecular formula is C18H19F3N4. The Morgan fingerprint density at radius 2 is 2.04 bits per heavy atom. The number of rotatable bonds is 5.